The number of rotatable bonds is 9. The minimum atomic E-state index is -4.52. The van der Waals surface area contributed by atoms with E-state index < -0.39 is 23.9 Å². The van der Waals surface area contributed by atoms with E-state index in [0.29, 0.717) is 19.4 Å². The summed E-state index contributed by atoms with van der Waals surface area (Å²) in [5, 5.41) is 2.85. The van der Waals surface area contributed by atoms with Gasteiger partial charge in [-0.15, -0.1) is 0 Å². The molecule has 0 aliphatic carbocycles. The largest absolute Gasteiger partial charge is 0.481 e. The Morgan fingerprint density at radius 1 is 1.19 bits per heavy atom. The van der Waals surface area contributed by atoms with E-state index in [1.807, 2.05) is 39.0 Å². The third-order valence-corrected chi connectivity index (χ3v) is 5.00. The molecule has 2 unspecified atom stereocenters. The van der Waals surface area contributed by atoms with Crippen molar-refractivity contribution in [1.82, 2.24) is 5.32 Å². The van der Waals surface area contributed by atoms with Crippen LogP contribution in [0.15, 0.2) is 47.5 Å². The number of ether oxygens (including phenoxy) is 1. The summed E-state index contributed by atoms with van der Waals surface area (Å²) >= 11 is 0. The standard InChI is InChI=1S/C24H27F3N2O2/c1-15(2)11-22(23(30)28-10-9-17-6-4-5-16(3)12-17)31-18-7-8-19(21-14-29-21)20(13-18)24(25,26)27/h4-8,12-15,21-22H,9-11H2,1-3H3,(H,28,30). The topological polar surface area (TPSA) is 50.7 Å². The molecule has 1 heterocycles. The van der Waals surface area contributed by atoms with E-state index in [4.69, 9.17) is 4.74 Å². The van der Waals surface area contributed by atoms with Crippen molar-refractivity contribution >= 4 is 12.1 Å². The summed E-state index contributed by atoms with van der Waals surface area (Å²) in [7, 11) is 0. The number of aliphatic imine (C=N–C) groups is 1. The highest BCUT2D eigenvalue weighted by molar-refractivity contribution is 5.81. The Labute approximate surface area is 180 Å². The second-order valence-corrected chi connectivity index (χ2v) is 8.26. The maximum atomic E-state index is 13.5. The summed E-state index contributed by atoms with van der Waals surface area (Å²) in [5.74, 6) is -0.172. The second kappa shape index (κ2) is 9.54. The van der Waals surface area contributed by atoms with E-state index in [9.17, 15) is 18.0 Å². The second-order valence-electron chi connectivity index (χ2n) is 8.26. The van der Waals surface area contributed by atoms with Crippen LogP contribution in [0.4, 0.5) is 13.2 Å². The fourth-order valence-corrected chi connectivity index (χ4v) is 3.43. The van der Waals surface area contributed by atoms with E-state index in [1.54, 1.807) is 0 Å². The third kappa shape index (κ3) is 6.57. The number of hydrogen-bond donors (Lipinski definition) is 1. The molecule has 0 saturated heterocycles. The quantitative estimate of drug-likeness (QED) is 0.585. The van der Waals surface area contributed by atoms with E-state index >= 15 is 0 Å². The number of halogens is 3. The highest BCUT2D eigenvalue weighted by Gasteiger charge is 2.37. The van der Waals surface area contributed by atoms with Gasteiger partial charge in [0, 0.05) is 12.8 Å². The maximum absolute atomic E-state index is 13.5. The number of aryl methyl sites for hydroxylation is 1. The molecule has 0 radical (unpaired) electrons. The van der Waals surface area contributed by atoms with Crippen LogP contribution < -0.4 is 10.1 Å². The first kappa shape index (κ1) is 22.8. The Morgan fingerprint density at radius 3 is 2.55 bits per heavy atom. The number of amides is 1. The van der Waals surface area contributed by atoms with Crippen molar-refractivity contribution in [1.29, 1.82) is 0 Å². The van der Waals surface area contributed by atoms with E-state index in [2.05, 4.69) is 16.4 Å². The minimum Gasteiger partial charge on any atom is -0.481 e. The van der Waals surface area contributed by atoms with Gasteiger partial charge in [-0.3, -0.25) is 9.79 Å². The Morgan fingerprint density at radius 2 is 1.94 bits per heavy atom. The van der Waals surface area contributed by atoms with Crippen molar-refractivity contribution in [2.45, 2.75) is 51.9 Å². The number of nitrogens with one attached hydrogen (secondary N) is 1. The van der Waals surface area contributed by atoms with Crippen LogP contribution in [0.1, 0.15) is 48.6 Å². The van der Waals surface area contributed by atoms with Gasteiger partial charge >= 0.3 is 6.18 Å². The normalized spacial score (nSPS) is 16.3. The van der Waals surface area contributed by atoms with Crippen molar-refractivity contribution < 1.29 is 22.7 Å². The van der Waals surface area contributed by atoms with Crippen LogP contribution in [0.2, 0.25) is 0 Å². The van der Waals surface area contributed by atoms with Gasteiger partial charge in [0.25, 0.3) is 5.91 Å². The third-order valence-electron chi connectivity index (χ3n) is 5.00. The van der Waals surface area contributed by atoms with Crippen LogP contribution in [0, 0.1) is 12.8 Å². The van der Waals surface area contributed by atoms with Crippen LogP contribution in [-0.2, 0) is 17.4 Å². The first-order chi connectivity index (χ1) is 14.6. The zero-order valence-electron chi connectivity index (χ0n) is 17.9. The molecule has 0 aromatic heterocycles. The summed E-state index contributed by atoms with van der Waals surface area (Å²) in [6, 6.07) is 11.3. The summed E-state index contributed by atoms with van der Waals surface area (Å²) in [5.41, 5.74) is 1.57. The lowest BCUT2D eigenvalue weighted by molar-refractivity contribution is -0.138. The van der Waals surface area contributed by atoms with Crippen LogP contribution in [0.3, 0.4) is 0 Å². The molecule has 31 heavy (non-hydrogen) atoms. The van der Waals surface area contributed by atoms with Crippen molar-refractivity contribution in [3.8, 4) is 5.75 Å². The monoisotopic (exact) mass is 432 g/mol. The van der Waals surface area contributed by atoms with Crippen molar-refractivity contribution in [2.75, 3.05) is 6.54 Å². The van der Waals surface area contributed by atoms with Gasteiger partial charge in [0.2, 0.25) is 0 Å². The molecular weight excluding hydrogens is 405 g/mol. The zero-order valence-corrected chi connectivity index (χ0v) is 17.9. The Kier molecular flexibility index (Phi) is 7.03. The first-order valence-corrected chi connectivity index (χ1v) is 10.4. The number of benzene rings is 2. The van der Waals surface area contributed by atoms with Gasteiger partial charge in [0.1, 0.15) is 11.8 Å². The van der Waals surface area contributed by atoms with E-state index in [0.717, 1.165) is 17.2 Å². The molecule has 3 rings (SSSR count). The smallest absolute Gasteiger partial charge is 0.416 e. The summed E-state index contributed by atoms with van der Waals surface area (Å²) < 4.78 is 46.2. The van der Waals surface area contributed by atoms with Crippen molar-refractivity contribution in [3.05, 3.63) is 64.7 Å². The van der Waals surface area contributed by atoms with Gasteiger partial charge in [0.05, 0.1) is 5.56 Å². The van der Waals surface area contributed by atoms with Crippen molar-refractivity contribution in [3.63, 3.8) is 0 Å². The molecule has 166 valence electrons. The average Bonchev–Trinajstić information content (AvgIpc) is 3.51. The van der Waals surface area contributed by atoms with Crippen molar-refractivity contribution in [2.24, 2.45) is 10.9 Å². The first-order valence-electron chi connectivity index (χ1n) is 10.4. The number of carbonyl (C=O) groups is 1. The van der Waals surface area contributed by atoms with Gasteiger partial charge in [-0.05, 0) is 48.9 Å². The molecule has 1 aliphatic heterocycles. The SMILES string of the molecule is Cc1cccc(CCNC(=O)C(CC(C)C)Oc2ccc(C3C=N3)c(C(F)(F)F)c2)c1. The highest BCUT2D eigenvalue weighted by Crippen LogP contribution is 2.40. The van der Waals surface area contributed by atoms with Gasteiger partial charge in [-0.25, -0.2) is 0 Å². The Bertz CT molecular complexity index is 948. The predicted molar refractivity (Wildman–Crippen MR) is 114 cm³/mol. The molecular formula is C24H27F3N2O2. The molecule has 7 heteroatoms. The molecule has 2 aromatic rings. The molecule has 0 saturated carbocycles. The van der Waals surface area contributed by atoms with Gasteiger partial charge in [0.15, 0.2) is 6.10 Å². The average molecular weight is 432 g/mol. The molecule has 0 bridgehead atoms. The predicted octanol–water partition coefficient (Wildman–Crippen LogP) is 5.29. The maximum Gasteiger partial charge on any atom is 0.416 e. The van der Waals surface area contributed by atoms with Gasteiger partial charge in [-0.2, -0.15) is 13.2 Å². The van der Waals surface area contributed by atoms with Gasteiger partial charge < -0.3 is 10.1 Å². The minimum absolute atomic E-state index is 0.0243. The Balaban J connectivity index is 1.68. The number of hydrogen-bond acceptors (Lipinski definition) is 3. The lowest BCUT2D eigenvalue weighted by Crippen LogP contribution is -2.40. The molecule has 0 spiro atoms. The molecule has 1 aliphatic rings. The van der Waals surface area contributed by atoms with E-state index in [1.165, 1.54) is 18.3 Å². The molecule has 1 amide bonds. The zero-order chi connectivity index (χ0) is 22.6. The highest BCUT2D eigenvalue weighted by atomic mass is 19.4. The van der Waals surface area contributed by atoms with Crippen LogP contribution in [-0.4, -0.2) is 24.8 Å². The van der Waals surface area contributed by atoms with Crippen LogP contribution in [0.5, 0.6) is 5.75 Å². The summed E-state index contributed by atoms with van der Waals surface area (Å²) in [6.45, 7) is 6.30. The summed E-state index contributed by atoms with van der Waals surface area (Å²) in [6.07, 6.45) is -2.87. The fraction of sp³-hybridized carbons (Fsp3) is 0.417. The molecule has 1 N–H and O–H groups in total. The summed E-state index contributed by atoms with van der Waals surface area (Å²) in [4.78, 5) is 16.6. The molecule has 0 fully saturated rings. The number of alkyl halides is 3. The molecule has 2 atom stereocenters. The molecule has 4 nitrogen and oxygen atoms in total. The lowest BCUT2D eigenvalue weighted by Gasteiger charge is -2.22. The van der Waals surface area contributed by atoms with Crippen LogP contribution in [0.25, 0.3) is 0 Å². The van der Waals surface area contributed by atoms with E-state index in [-0.39, 0.29) is 23.1 Å². The van der Waals surface area contributed by atoms with Gasteiger partial charge in [-0.1, -0.05) is 49.7 Å². The number of carbonyl (C=O) groups excluding carboxylic acids is 1. The van der Waals surface area contributed by atoms with Crippen LogP contribution >= 0.6 is 0 Å². The lowest BCUT2D eigenvalue weighted by atomic mass is 10.0. The molecule has 2 aromatic carbocycles. The Hall–Kier alpha value is -2.83. The fourth-order valence-electron chi connectivity index (χ4n) is 3.43. The number of nitrogens with zero attached hydrogens (tertiary/aromatic N) is 1.